The Morgan fingerprint density at radius 2 is 1.96 bits per heavy atom. The molecular weight excluding hydrogens is 352 g/mol. The van der Waals surface area contributed by atoms with Crippen LogP contribution >= 0.6 is 11.8 Å². The van der Waals surface area contributed by atoms with Crippen molar-refractivity contribution in [1.29, 1.82) is 0 Å². The molecule has 1 amide bonds. The van der Waals surface area contributed by atoms with E-state index in [2.05, 4.69) is 22.1 Å². The van der Waals surface area contributed by atoms with Gasteiger partial charge in [0.15, 0.2) is 5.16 Å². The summed E-state index contributed by atoms with van der Waals surface area (Å²) in [5.74, 6) is 2.56. The summed E-state index contributed by atoms with van der Waals surface area (Å²) in [7, 11) is 0. The molecule has 0 saturated carbocycles. The lowest BCUT2D eigenvalue weighted by molar-refractivity contribution is -0.118. The Morgan fingerprint density at radius 3 is 2.62 bits per heavy atom. The first kappa shape index (κ1) is 19.8. The summed E-state index contributed by atoms with van der Waals surface area (Å²) in [5, 5.41) is 11.6. The number of hydrogen-bond donors (Lipinski definition) is 1. The number of aromatic nitrogens is 3. The molecule has 140 valence electrons. The average molecular weight is 376 g/mol. The molecule has 7 nitrogen and oxygen atoms in total. The van der Waals surface area contributed by atoms with Crippen LogP contribution in [-0.2, 0) is 11.3 Å². The third-order valence-electron chi connectivity index (χ3n) is 3.37. The summed E-state index contributed by atoms with van der Waals surface area (Å²) in [5.41, 5.74) is 0. The smallest absolute Gasteiger partial charge is 0.230 e. The largest absolute Gasteiger partial charge is 0.494 e. The van der Waals surface area contributed by atoms with Crippen LogP contribution in [0.2, 0.25) is 0 Å². The molecule has 0 bridgehead atoms. The van der Waals surface area contributed by atoms with Gasteiger partial charge in [-0.2, -0.15) is 0 Å². The molecule has 1 aromatic carbocycles. The first-order valence-corrected chi connectivity index (χ1v) is 9.38. The number of rotatable bonds is 11. The lowest BCUT2D eigenvalue weighted by Gasteiger charge is -2.09. The summed E-state index contributed by atoms with van der Waals surface area (Å²) in [6, 6.07) is 7.40. The fourth-order valence-corrected chi connectivity index (χ4v) is 2.97. The molecule has 8 heteroatoms. The van der Waals surface area contributed by atoms with E-state index in [0.717, 1.165) is 17.3 Å². The monoisotopic (exact) mass is 376 g/mol. The van der Waals surface area contributed by atoms with Crippen molar-refractivity contribution in [2.45, 2.75) is 25.5 Å². The van der Waals surface area contributed by atoms with Crippen molar-refractivity contribution in [3.05, 3.63) is 42.7 Å². The molecule has 1 N–H and O–H groups in total. The third kappa shape index (κ3) is 6.11. The molecule has 0 atom stereocenters. The highest BCUT2D eigenvalue weighted by molar-refractivity contribution is 7.99. The van der Waals surface area contributed by atoms with Crippen LogP contribution in [0.25, 0.3) is 0 Å². The topological polar surface area (TPSA) is 78.3 Å². The van der Waals surface area contributed by atoms with Crippen molar-refractivity contribution < 1.29 is 14.3 Å². The molecule has 0 spiro atoms. The number of hydrogen-bond acceptors (Lipinski definition) is 6. The van der Waals surface area contributed by atoms with Gasteiger partial charge < -0.3 is 19.4 Å². The second-order valence-electron chi connectivity index (χ2n) is 5.32. The van der Waals surface area contributed by atoms with Gasteiger partial charge in [0.05, 0.1) is 18.9 Å². The lowest BCUT2D eigenvalue weighted by Crippen LogP contribution is -2.29. The minimum absolute atomic E-state index is 0.0731. The number of carbonyl (C=O) groups excluding carboxylic acids is 1. The van der Waals surface area contributed by atoms with Gasteiger partial charge in [-0.05, 0) is 38.1 Å². The van der Waals surface area contributed by atoms with Crippen LogP contribution in [0.1, 0.15) is 12.7 Å². The number of nitrogens with one attached hydrogen (secondary N) is 1. The van der Waals surface area contributed by atoms with E-state index in [1.54, 1.807) is 6.08 Å². The fourth-order valence-electron chi connectivity index (χ4n) is 2.15. The quantitative estimate of drug-likeness (QED) is 0.369. The summed E-state index contributed by atoms with van der Waals surface area (Å²) in [6.07, 6.45) is 1.78. The van der Waals surface area contributed by atoms with Crippen molar-refractivity contribution in [2.24, 2.45) is 0 Å². The molecule has 26 heavy (non-hydrogen) atoms. The van der Waals surface area contributed by atoms with E-state index in [0.29, 0.717) is 31.5 Å². The number of thioether (sulfide) groups is 1. The first-order valence-electron chi connectivity index (χ1n) is 8.40. The summed E-state index contributed by atoms with van der Waals surface area (Å²) >= 11 is 1.35. The zero-order chi connectivity index (χ0) is 18.8. The number of benzene rings is 1. The minimum Gasteiger partial charge on any atom is -0.494 e. The Balaban J connectivity index is 1.67. The highest BCUT2D eigenvalue weighted by Crippen LogP contribution is 2.18. The molecule has 0 fully saturated rings. The lowest BCUT2D eigenvalue weighted by atomic mass is 10.3. The summed E-state index contributed by atoms with van der Waals surface area (Å²) in [4.78, 5) is 11.9. The van der Waals surface area contributed by atoms with Crippen molar-refractivity contribution >= 4 is 17.7 Å². The van der Waals surface area contributed by atoms with Crippen molar-refractivity contribution in [3.8, 4) is 11.5 Å². The Bertz CT molecular complexity index is 716. The van der Waals surface area contributed by atoms with Gasteiger partial charge in [0, 0.05) is 6.54 Å². The molecule has 0 aliphatic heterocycles. The molecule has 1 aromatic heterocycles. The molecule has 0 aliphatic carbocycles. The van der Waals surface area contributed by atoms with E-state index in [-0.39, 0.29) is 11.7 Å². The zero-order valence-corrected chi connectivity index (χ0v) is 15.9. The second kappa shape index (κ2) is 10.5. The van der Waals surface area contributed by atoms with Gasteiger partial charge >= 0.3 is 0 Å². The van der Waals surface area contributed by atoms with E-state index >= 15 is 0 Å². The van der Waals surface area contributed by atoms with Crippen LogP contribution in [0, 0.1) is 6.92 Å². The molecule has 0 aliphatic rings. The van der Waals surface area contributed by atoms with Gasteiger partial charge in [-0.3, -0.25) is 4.79 Å². The highest BCUT2D eigenvalue weighted by Gasteiger charge is 2.10. The minimum atomic E-state index is -0.0731. The molecule has 2 rings (SSSR count). The second-order valence-corrected chi connectivity index (χ2v) is 6.26. The normalized spacial score (nSPS) is 10.4. The maximum atomic E-state index is 11.9. The number of aryl methyl sites for hydroxylation is 1. The van der Waals surface area contributed by atoms with Gasteiger partial charge in [-0.1, -0.05) is 17.8 Å². The van der Waals surface area contributed by atoms with Crippen LogP contribution in [0.15, 0.2) is 42.1 Å². The van der Waals surface area contributed by atoms with Crippen LogP contribution < -0.4 is 14.8 Å². The molecule has 0 saturated heterocycles. The first-order chi connectivity index (χ1) is 12.6. The molecular formula is C18H24N4O3S. The SMILES string of the molecule is C=CCn1c(C)nnc1SCC(=O)NCCOc1ccc(OCC)cc1. The van der Waals surface area contributed by atoms with E-state index < -0.39 is 0 Å². The van der Waals surface area contributed by atoms with Gasteiger partial charge in [0.1, 0.15) is 23.9 Å². The maximum Gasteiger partial charge on any atom is 0.230 e. The Morgan fingerprint density at radius 1 is 1.27 bits per heavy atom. The number of amides is 1. The van der Waals surface area contributed by atoms with Crippen molar-refractivity contribution in [3.63, 3.8) is 0 Å². The average Bonchev–Trinajstić information content (AvgIpc) is 2.99. The van der Waals surface area contributed by atoms with Crippen LogP contribution in [0.5, 0.6) is 11.5 Å². The Labute approximate surface area is 157 Å². The van der Waals surface area contributed by atoms with E-state index in [4.69, 9.17) is 9.47 Å². The van der Waals surface area contributed by atoms with Crippen LogP contribution in [-0.4, -0.2) is 46.2 Å². The van der Waals surface area contributed by atoms with Gasteiger partial charge in [0.25, 0.3) is 0 Å². The number of ether oxygens (including phenoxy) is 2. The summed E-state index contributed by atoms with van der Waals surface area (Å²) in [6.45, 7) is 9.62. The highest BCUT2D eigenvalue weighted by atomic mass is 32.2. The standard InChI is InChI=1S/C18H24N4O3S/c1-4-11-22-14(3)20-21-18(22)26-13-17(23)19-10-12-25-16-8-6-15(7-9-16)24-5-2/h4,6-9H,1,5,10-13H2,2-3H3,(H,19,23). The Hall–Kier alpha value is -2.48. The van der Waals surface area contributed by atoms with Crippen LogP contribution in [0.3, 0.4) is 0 Å². The molecule has 0 radical (unpaired) electrons. The number of allylic oxidation sites excluding steroid dienone is 1. The zero-order valence-electron chi connectivity index (χ0n) is 15.1. The third-order valence-corrected chi connectivity index (χ3v) is 4.34. The molecule has 2 aromatic rings. The van der Waals surface area contributed by atoms with E-state index in [9.17, 15) is 4.79 Å². The van der Waals surface area contributed by atoms with Gasteiger partial charge in [-0.25, -0.2) is 0 Å². The van der Waals surface area contributed by atoms with Crippen molar-refractivity contribution in [1.82, 2.24) is 20.1 Å². The van der Waals surface area contributed by atoms with Gasteiger partial charge in [-0.15, -0.1) is 16.8 Å². The number of carbonyl (C=O) groups is 1. The molecule has 0 unspecified atom stereocenters. The van der Waals surface area contributed by atoms with E-state index in [1.807, 2.05) is 42.7 Å². The van der Waals surface area contributed by atoms with Crippen molar-refractivity contribution in [2.75, 3.05) is 25.5 Å². The fraction of sp³-hybridized carbons (Fsp3) is 0.389. The predicted molar refractivity (Wildman–Crippen MR) is 102 cm³/mol. The number of nitrogens with zero attached hydrogens (tertiary/aromatic N) is 3. The molecule has 1 heterocycles. The van der Waals surface area contributed by atoms with E-state index in [1.165, 1.54) is 11.8 Å². The van der Waals surface area contributed by atoms with Gasteiger partial charge in [0.2, 0.25) is 5.91 Å². The Kier molecular flexibility index (Phi) is 8.01. The summed E-state index contributed by atoms with van der Waals surface area (Å²) < 4.78 is 12.9. The predicted octanol–water partition coefficient (Wildman–Crippen LogP) is 2.46. The van der Waals surface area contributed by atoms with Crippen LogP contribution in [0.4, 0.5) is 0 Å². The maximum absolute atomic E-state index is 11.9.